The second-order valence-electron chi connectivity index (χ2n) is 6.58. The Balaban J connectivity index is 1.62. The molecule has 0 spiro atoms. The van der Waals surface area contributed by atoms with Gasteiger partial charge in [0.25, 0.3) is 0 Å². The molecule has 2 aromatic rings. The van der Waals surface area contributed by atoms with Gasteiger partial charge in [-0.25, -0.2) is 0 Å². The maximum atomic E-state index is 13.3. The predicted octanol–water partition coefficient (Wildman–Crippen LogP) is 4.80. The molecule has 1 aliphatic heterocycles. The van der Waals surface area contributed by atoms with Gasteiger partial charge in [-0.2, -0.15) is 13.2 Å². The van der Waals surface area contributed by atoms with Crippen LogP contribution in [0.5, 0.6) is 11.5 Å². The summed E-state index contributed by atoms with van der Waals surface area (Å²) in [7, 11) is 0. The van der Waals surface area contributed by atoms with Gasteiger partial charge in [0.15, 0.2) is 11.5 Å². The van der Waals surface area contributed by atoms with Crippen molar-refractivity contribution in [1.82, 2.24) is 0 Å². The molecule has 0 saturated heterocycles. The summed E-state index contributed by atoms with van der Waals surface area (Å²) in [6.07, 6.45) is -3.53. The quantitative estimate of drug-likeness (QED) is 0.809. The molecule has 2 aliphatic rings. The van der Waals surface area contributed by atoms with Crippen molar-refractivity contribution in [3.8, 4) is 11.5 Å². The third-order valence-electron chi connectivity index (χ3n) is 4.81. The maximum absolute atomic E-state index is 13.3. The van der Waals surface area contributed by atoms with E-state index in [1.807, 2.05) is 0 Å². The Morgan fingerprint density at radius 2 is 1.74 bits per heavy atom. The first kappa shape index (κ1) is 18.0. The van der Waals surface area contributed by atoms with Gasteiger partial charge in [-0.1, -0.05) is 17.7 Å². The van der Waals surface area contributed by atoms with Gasteiger partial charge in [0.05, 0.1) is 16.7 Å². The van der Waals surface area contributed by atoms with Crippen molar-refractivity contribution in [1.29, 1.82) is 0 Å². The lowest BCUT2D eigenvalue weighted by Crippen LogP contribution is -2.29. The second kappa shape index (κ2) is 6.34. The Morgan fingerprint density at radius 1 is 1.04 bits per heavy atom. The number of amides is 1. The molecule has 0 aromatic heterocycles. The van der Waals surface area contributed by atoms with Crippen LogP contribution in [0.2, 0.25) is 5.02 Å². The molecule has 4 rings (SSSR count). The molecular formula is C19H15ClF3NO3. The minimum absolute atomic E-state index is 0.0479. The SMILES string of the molecule is O=C(Nc1ccc(Cl)cc1C(F)(F)F)C1(c2ccc3c(c2)OCCO3)CC1. The lowest BCUT2D eigenvalue weighted by atomic mass is 9.94. The van der Waals surface area contributed by atoms with E-state index in [1.54, 1.807) is 18.2 Å². The summed E-state index contributed by atoms with van der Waals surface area (Å²) < 4.78 is 50.8. The Bertz CT molecular complexity index is 910. The molecule has 0 bridgehead atoms. The zero-order valence-electron chi connectivity index (χ0n) is 14.0. The predicted molar refractivity (Wildman–Crippen MR) is 93.4 cm³/mol. The molecule has 142 valence electrons. The highest BCUT2D eigenvalue weighted by molar-refractivity contribution is 6.30. The summed E-state index contributed by atoms with van der Waals surface area (Å²) in [6, 6.07) is 8.50. The molecule has 0 atom stereocenters. The smallest absolute Gasteiger partial charge is 0.418 e. The van der Waals surface area contributed by atoms with Crippen LogP contribution in [0.4, 0.5) is 18.9 Å². The zero-order chi connectivity index (χ0) is 19.2. The van der Waals surface area contributed by atoms with Crippen LogP contribution in [-0.4, -0.2) is 19.1 Å². The number of carbonyl (C=O) groups is 1. The van der Waals surface area contributed by atoms with Crippen LogP contribution in [0.15, 0.2) is 36.4 Å². The van der Waals surface area contributed by atoms with Crippen molar-refractivity contribution >= 4 is 23.2 Å². The number of nitrogens with one attached hydrogen (secondary N) is 1. The summed E-state index contributed by atoms with van der Waals surface area (Å²) in [5, 5.41) is 2.39. The molecular weight excluding hydrogens is 383 g/mol. The van der Waals surface area contributed by atoms with Crippen molar-refractivity contribution in [2.24, 2.45) is 0 Å². The molecule has 1 saturated carbocycles. The van der Waals surface area contributed by atoms with E-state index in [4.69, 9.17) is 21.1 Å². The van der Waals surface area contributed by atoms with Crippen LogP contribution in [0.25, 0.3) is 0 Å². The maximum Gasteiger partial charge on any atom is 0.418 e. The Kier molecular flexibility index (Phi) is 4.22. The summed E-state index contributed by atoms with van der Waals surface area (Å²) >= 11 is 5.69. The number of anilines is 1. The summed E-state index contributed by atoms with van der Waals surface area (Å²) in [5.74, 6) is 0.658. The van der Waals surface area contributed by atoms with E-state index in [0.717, 1.165) is 6.07 Å². The van der Waals surface area contributed by atoms with E-state index in [-0.39, 0.29) is 10.7 Å². The van der Waals surface area contributed by atoms with Crippen LogP contribution < -0.4 is 14.8 Å². The molecule has 1 aliphatic carbocycles. The fourth-order valence-corrected chi connectivity index (χ4v) is 3.39. The highest BCUT2D eigenvalue weighted by atomic mass is 35.5. The first-order chi connectivity index (χ1) is 12.8. The molecule has 0 radical (unpaired) electrons. The number of ether oxygens (including phenoxy) is 2. The monoisotopic (exact) mass is 397 g/mol. The van der Waals surface area contributed by atoms with Crippen molar-refractivity contribution in [2.75, 3.05) is 18.5 Å². The molecule has 27 heavy (non-hydrogen) atoms. The van der Waals surface area contributed by atoms with E-state index in [2.05, 4.69) is 5.32 Å². The third kappa shape index (κ3) is 3.32. The average molecular weight is 398 g/mol. The largest absolute Gasteiger partial charge is 0.486 e. The van der Waals surface area contributed by atoms with E-state index >= 15 is 0 Å². The summed E-state index contributed by atoms with van der Waals surface area (Å²) in [4.78, 5) is 12.8. The van der Waals surface area contributed by atoms with Gasteiger partial charge in [-0.05, 0) is 48.7 Å². The topological polar surface area (TPSA) is 47.6 Å². The number of hydrogen-bond donors (Lipinski definition) is 1. The molecule has 1 fully saturated rings. The third-order valence-corrected chi connectivity index (χ3v) is 5.05. The average Bonchev–Trinajstić information content (AvgIpc) is 3.44. The molecule has 4 nitrogen and oxygen atoms in total. The summed E-state index contributed by atoms with van der Waals surface area (Å²) in [6.45, 7) is 0.865. The van der Waals surface area contributed by atoms with E-state index in [0.29, 0.717) is 43.1 Å². The van der Waals surface area contributed by atoms with Crippen molar-refractivity contribution < 1.29 is 27.4 Å². The van der Waals surface area contributed by atoms with Crippen molar-refractivity contribution in [3.63, 3.8) is 0 Å². The second-order valence-corrected chi connectivity index (χ2v) is 7.02. The van der Waals surface area contributed by atoms with Gasteiger partial charge in [0.2, 0.25) is 5.91 Å². The summed E-state index contributed by atoms with van der Waals surface area (Å²) in [5.41, 5.74) is -1.44. The van der Waals surface area contributed by atoms with Gasteiger partial charge < -0.3 is 14.8 Å². The number of fused-ring (bicyclic) bond motifs is 1. The van der Waals surface area contributed by atoms with Gasteiger partial charge in [-0.3, -0.25) is 4.79 Å². The van der Waals surface area contributed by atoms with Crippen LogP contribution in [0.1, 0.15) is 24.0 Å². The molecule has 8 heteroatoms. The van der Waals surface area contributed by atoms with Crippen LogP contribution in [0, 0.1) is 0 Å². The number of rotatable bonds is 3. The lowest BCUT2D eigenvalue weighted by molar-refractivity contribution is -0.137. The number of carbonyl (C=O) groups excluding carboxylic acids is 1. The first-order valence-electron chi connectivity index (χ1n) is 8.38. The van der Waals surface area contributed by atoms with Gasteiger partial charge >= 0.3 is 6.18 Å². The van der Waals surface area contributed by atoms with Crippen LogP contribution in [0.3, 0.4) is 0 Å². The Hall–Kier alpha value is -2.41. The standard InChI is InChI=1S/C19H15ClF3NO3/c20-12-2-3-14(13(10-12)19(21,22)23)24-17(25)18(5-6-18)11-1-4-15-16(9-11)27-8-7-26-15/h1-4,9-10H,5-8H2,(H,24,25). The molecule has 1 amide bonds. The minimum Gasteiger partial charge on any atom is -0.486 e. The number of halogens is 4. The highest BCUT2D eigenvalue weighted by Gasteiger charge is 2.52. The number of benzene rings is 2. The van der Waals surface area contributed by atoms with E-state index < -0.39 is 23.1 Å². The van der Waals surface area contributed by atoms with Crippen molar-refractivity contribution in [3.05, 3.63) is 52.5 Å². The number of alkyl halides is 3. The fourth-order valence-electron chi connectivity index (χ4n) is 3.21. The minimum atomic E-state index is -4.62. The van der Waals surface area contributed by atoms with Crippen molar-refractivity contribution in [2.45, 2.75) is 24.4 Å². The zero-order valence-corrected chi connectivity index (χ0v) is 14.8. The van der Waals surface area contributed by atoms with Gasteiger partial charge in [0.1, 0.15) is 13.2 Å². The highest BCUT2D eigenvalue weighted by Crippen LogP contribution is 2.51. The van der Waals surface area contributed by atoms with Crippen LogP contribution >= 0.6 is 11.6 Å². The lowest BCUT2D eigenvalue weighted by Gasteiger charge is -2.22. The molecule has 1 N–H and O–H groups in total. The molecule has 1 heterocycles. The normalized spacial score (nSPS) is 17.3. The first-order valence-corrected chi connectivity index (χ1v) is 8.76. The Morgan fingerprint density at radius 3 is 2.41 bits per heavy atom. The van der Waals surface area contributed by atoms with Crippen LogP contribution in [-0.2, 0) is 16.4 Å². The van der Waals surface area contributed by atoms with Gasteiger partial charge in [-0.15, -0.1) is 0 Å². The van der Waals surface area contributed by atoms with E-state index in [1.165, 1.54) is 12.1 Å². The number of hydrogen-bond acceptors (Lipinski definition) is 3. The van der Waals surface area contributed by atoms with E-state index in [9.17, 15) is 18.0 Å². The van der Waals surface area contributed by atoms with Gasteiger partial charge in [0, 0.05) is 5.02 Å². The molecule has 0 unspecified atom stereocenters. The Labute approximate surface area is 158 Å². The fraction of sp³-hybridized carbons (Fsp3) is 0.316. The molecule has 2 aromatic carbocycles.